The first-order valence-electron chi connectivity index (χ1n) is 4.57. The van der Waals surface area contributed by atoms with E-state index in [-0.39, 0.29) is 17.5 Å². The Morgan fingerprint density at radius 3 is 2.36 bits per heavy atom. The molecule has 0 aliphatic heterocycles. The molecule has 1 atom stereocenters. The summed E-state index contributed by atoms with van der Waals surface area (Å²) in [6, 6.07) is 9.08. The van der Waals surface area contributed by atoms with Crippen molar-refractivity contribution in [1.82, 2.24) is 0 Å². The van der Waals surface area contributed by atoms with E-state index in [4.69, 9.17) is 0 Å². The van der Waals surface area contributed by atoms with Gasteiger partial charge in [0.05, 0.1) is 16.6 Å². The molecule has 1 unspecified atom stereocenters. The highest BCUT2D eigenvalue weighted by Gasteiger charge is 2.12. The summed E-state index contributed by atoms with van der Waals surface area (Å²) < 4.78 is 11.6. The van der Waals surface area contributed by atoms with E-state index >= 15 is 0 Å². The molecule has 0 aliphatic rings. The van der Waals surface area contributed by atoms with E-state index in [1.807, 2.05) is 32.0 Å². The fourth-order valence-corrected chi connectivity index (χ4v) is 2.17. The second-order valence-corrected chi connectivity index (χ2v) is 4.88. The fourth-order valence-electron chi connectivity index (χ4n) is 0.951. The third kappa shape index (κ3) is 3.07. The van der Waals surface area contributed by atoms with Crippen molar-refractivity contribution in [2.24, 2.45) is 5.92 Å². The Labute approximate surface area is 86.8 Å². The maximum atomic E-state index is 11.6. The average Bonchev–Trinajstić information content (AvgIpc) is 2.19. The minimum atomic E-state index is -1.18. The summed E-state index contributed by atoms with van der Waals surface area (Å²) in [4.78, 5) is 12.1. The number of hydrogen-bond acceptors (Lipinski definition) is 2. The van der Waals surface area contributed by atoms with E-state index in [1.165, 1.54) is 0 Å². The summed E-state index contributed by atoms with van der Waals surface area (Å²) in [6.45, 7) is 3.65. The van der Waals surface area contributed by atoms with E-state index in [9.17, 15) is 9.00 Å². The van der Waals surface area contributed by atoms with Gasteiger partial charge in [-0.05, 0) is 12.1 Å². The highest BCUT2D eigenvalue weighted by atomic mass is 32.2. The van der Waals surface area contributed by atoms with E-state index in [0.29, 0.717) is 0 Å². The molecule has 0 saturated carbocycles. The second-order valence-electron chi connectivity index (χ2n) is 3.42. The summed E-state index contributed by atoms with van der Waals surface area (Å²) in [5, 5.41) is 0. The molecule has 1 rings (SSSR count). The second kappa shape index (κ2) is 5.05. The molecule has 0 aliphatic carbocycles. The molecule has 0 spiro atoms. The van der Waals surface area contributed by atoms with Gasteiger partial charge >= 0.3 is 0 Å². The van der Waals surface area contributed by atoms with Crippen LogP contribution in [0, 0.1) is 5.92 Å². The number of benzene rings is 1. The Morgan fingerprint density at radius 2 is 1.86 bits per heavy atom. The Kier molecular flexibility index (Phi) is 4.01. The highest BCUT2D eigenvalue weighted by molar-refractivity contribution is 7.85. The van der Waals surface area contributed by atoms with E-state index in [0.717, 1.165) is 4.90 Å². The van der Waals surface area contributed by atoms with Crippen molar-refractivity contribution in [3.8, 4) is 0 Å². The minimum Gasteiger partial charge on any atom is -0.298 e. The van der Waals surface area contributed by atoms with Crippen molar-refractivity contribution < 1.29 is 9.00 Å². The zero-order valence-corrected chi connectivity index (χ0v) is 9.21. The standard InChI is InChI=1S/C11H14O2S/c1-9(2)11(12)8-14(13)10-6-4-3-5-7-10/h3-7,9H,8H2,1-2H3. The van der Waals surface area contributed by atoms with Gasteiger partial charge in [0.25, 0.3) is 0 Å². The molecule has 0 N–H and O–H groups in total. The summed E-state index contributed by atoms with van der Waals surface area (Å²) >= 11 is 0. The van der Waals surface area contributed by atoms with Crippen molar-refractivity contribution in [2.75, 3.05) is 5.75 Å². The van der Waals surface area contributed by atoms with E-state index in [2.05, 4.69) is 0 Å². The molecule has 1 aromatic rings. The fraction of sp³-hybridized carbons (Fsp3) is 0.364. The third-order valence-corrected chi connectivity index (χ3v) is 3.27. The van der Waals surface area contributed by atoms with Crippen LogP contribution >= 0.6 is 0 Å². The Hall–Kier alpha value is -0.960. The molecular formula is C11H14O2S. The first-order chi connectivity index (χ1) is 6.61. The maximum absolute atomic E-state index is 11.6. The van der Waals surface area contributed by atoms with Crippen molar-refractivity contribution in [2.45, 2.75) is 18.7 Å². The van der Waals surface area contributed by atoms with Crippen LogP contribution in [0.2, 0.25) is 0 Å². The monoisotopic (exact) mass is 210 g/mol. The smallest absolute Gasteiger partial charge is 0.148 e. The zero-order chi connectivity index (χ0) is 10.6. The molecule has 0 saturated heterocycles. The lowest BCUT2D eigenvalue weighted by Gasteiger charge is -2.03. The molecule has 1 aromatic carbocycles. The van der Waals surface area contributed by atoms with Gasteiger partial charge in [-0.25, -0.2) is 0 Å². The SMILES string of the molecule is CC(C)C(=O)CS(=O)c1ccccc1. The third-order valence-electron chi connectivity index (χ3n) is 1.92. The Balaban J connectivity index is 2.65. The zero-order valence-electron chi connectivity index (χ0n) is 8.40. The molecule has 76 valence electrons. The first kappa shape index (κ1) is 11.1. The van der Waals surface area contributed by atoms with Gasteiger partial charge in [0, 0.05) is 10.8 Å². The van der Waals surface area contributed by atoms with Crippen molar-refractivity contribution >= 4 is 16.6 Å². The minimum absolute atomic E-state index is 0.0392. The molecule has 0 bridgehead atoms. The van der Waals surface area contributed by atoms with Crippen LogP contribution in [0.15, 0.2) is 35.2 Å². The highest BCUT2D eigenvalue weighted by Crippen LogP contribution is 2.07. The molecule has 0 radical (unpaired) electrons. The predicted molar refractivity (Wildman–Crippen MR) is 57.6 cm³/mol. The van der Waals surface area contributed by atoms with Crippen LogP contribution in [0.5, 0.6) is 0 Å². The largest absolute Gasteiger partial charge is 0.298 e. The van der Waals surface area contributed by atoms with Crippen LogP contribution in [0.3, 0.4) is 0 Å². The molecule has 0 heterocycles. The van der Waals surface area contributed by atoms with Crippen LogP contribution in [-0.4, -0.2) is 15.7 Å². The van der Waals surface area contributed by atoms with Gasteiger partial charge in [0.15, 0.2) is 0 Å². The topological polar surface area (TPSA) is 34.1 Å². The summed E-state index contributed by atoms with van der Waals surface area (Å²) in [6.07, 6.45) is 0. The molecule has 0 amide bonds. The lowest BCUT2D eigenvalue weighted by Crippen LogP contribution is -2.16. The molecule has 14 heavy (non-hydrogen) atoms. The number of carbonyl (C=O) groups excluding carboxylic acids is 1. The molecule has 2 nitrogen and oxygen atoms in total. The van der Waals surface area contributed by atoms with Crippen LogP contribution in [0.1, 0.15) is 13.8 Å². The van der Waals surface area contributed by atoms with Crippen LogP contribution in [0.25, 0.3) is 0 Å². The maximum Gasteiger partial charge on any atom is 0.148 e. The summed E-state index contributed by atoms with van der Waals surface area (Å²) in [5.41, 5.74) is 0. The Bertz CT molecular complexity index is 330. The van der Waals surface area contributed by atoms with Crippen molar-refractivity contribution in [1.29, 1.82) is 0 Å². The lowest BCUT2D eigenvalue weighted by atomic mass is 10.1. The number of carbonyl (C=O) groups is 1. The number of Topliss-reactive ketones (excluding diaryl/α,β-unsaturated/α-hetero) is 1. The molecule has 0 aromatic heterocycles. The Morgan fingerprint density at radius 1 is 1.29 bits per heavy atom. The van der Waals surface area contributed by atoms with Gasteiger partial charge in [-0.15, -0.1) is 0 Å². The van der Waals surface area contributed by atoms with Gasteiger partial charge in [-0.2, -0.15) is 0 Å². The molecule has 0 fully saturated rings. The van der Waals surface area contributed by atoms with Crippen molar-refractivity contribution in [3.05, 3.63) is 30.3 Å². The number of ketones is 1. The van der Waals surface area contributed by atoms with Crippen LogP contribution in [0.4, 0.5) is 0 Å². The normalized spacial score (nSPS) is 12.8. The van der Waals surface area contributed by atoms with Gasteiger partial charge in [0.1, 0.15) is 5.78 Å². The predicted octanol–water partition coefficient (Wildman–Crippen LogP) is 2.02. The van der Waals surface area contributed by atoms with Crippen molar-refractivity contribution in [3.63, 3.8) is 0 Å². The van der Waals surface area contributed by atoms with E-state index < -0.39 is 10.8 Å². The van der Waals surface area contributed by atoms with Gasteiger partial charge in [0.2, 0.25) is 0 Å². The molecule has 3 heteroatoms. The number of hydrogen-bond donors (Lipinski definition) is 0. The quantitative estimate of drug-likeness (QED) is 0.762. The van der Waals surface area contributed by atoms with Crippen LogP contribution in [-0.2, 0) is 15.6 Å². The van der Waals surface area contributed by atoms with Gasteiger partial charge in [-0.3, -0.25) is 9.00 Å². The first-order valence-corrected chi connectivity index (χ1v) is 5.89. The lowest BCUT2D eigenvalue weighted by molar-refractivity contribution is -0.119. The van der Waals surface area contributed by atoms with Crippen LogP contribution < -0.4 is 0 Å². The average molecular weight is 210 g/mol. The molecular weight excluding hydrogens is 196 g/mol. The summed E-state index contributed by atoms with van der Waals surface area (Å²) in [5.74, 6) is 0.136. The van der Waals surface area contributed by atoms with Gasteiger partial charge in [-0.1, -0.05) is 32.0 Å². The van der Waals surface area contributed by atoms with E-state index in [1.54, 1.807) is 12.1 Å². The summed E-state index contributed by atoms with van der Waals surface area (Å²) in [7, 11) is -1.18. The van der Waals surface area contributed by atoms with Gasteiger partial charge < -0.3 is 0 Å². The number of rotatable bonds is 4.